The lowest BCUT2D eigenvalue weighted by Gasteiger charge is -2.24. The zero-order valence-corrected chi connectivity index (χ0v) is 47.9. The van der Waals surface area contributed by atoms with Crippen molar-refractivity contribution < 1.29 is 19.2 Å². The van der Waals surface area contributed by atoms with Gasteiger partial charge in [0, 0.05) is 32.4 Å². The van der Waals surface area contributed by atoms with Crippen molar-refractivity contribution in [3.63, 3.8) is 0 Å². The molecule has 3 rings (SSSR count). The van der Waals surface area contributed by atoms with E-state index >= 15 is 0 Å². The Balaban J connectivity index is 0. The molecule has 1 saturated heterocycles. The van der Waals surface area contributed by atoms with Gasteiger partial charge in [-0.05, 0) is 153 Å². The van der Waals surface area contributed by atoms with Crippen LogP contribution in [-0.4, -0.2) is 82.0 Å². The highest BCUT2D eigenvalue weighted by Gasteiger charge is 2.30. The Kier molecular flexibility index (Phi) is 42.8. The van der Waals surface area contributed by atoms with Crippen LogP contribution in [0.1, 0.15) is 199 Å². The zero-order chi connectivity index (χ0) is 52.0. The van der Waals surface area contributed by atoms with Crippen LogP contribution in [0.5, 0.6) is 0 Å². The number of nitrogens with one attached hydrogen (secondary N) is 1. The maximum atomic E-state index is 11.6. The number of carbonyl (C=O) groups excluding carboxylic acids is 4. The summed E-state index contributed by atoms with van der Waals surface area (Å²) in [6, 6.07) is 0. The summed E-state index contributed by atoms with van der Waals surface area (Å²) in [5.41, 5.74) is 17.3. The van der Waals surface area contributed by atoms with Crippen LogP contribution < -0.4 is 17.2 Å². The fourth-order valence-electron chi connectivity index (χ4n) is 8.99. The quantitative estimate of drug-likeness (QED) is 0.0167. The van der Waals surface area contributed by atoms with Gasteiger partial charge in [-0.2, -0.15) is 24.4 Å². The maximum Gasteiger partial charge on any atom is 0.163 e. The van der Waals surface area contributed by atoms with Crippen molar-refractivity contribution in [3.8, 4) is 0 Å². The van der Waals surface area contributed by atoms with Gasteiger partial charge >= 0.3 is 0 Å². The molecule has 1 heterocycles. The summed E-state index contributed by atoms with van der Waals surface area (Å²) < 4.78 is 0. The molecule has 3 aliphatic rings. The van der Waals surface area contributed by atoms with Gasteiger partial charge in [-0.25, -0.2) is 0 Å². The molecule has 396 valence electrons. The van der Waals surface area contributed by atoms with Gasteiger partial charge in [0.1, 0.15) is 5.78 Å². The summed E-state index contributed by atoms with van der Waals surface area (Å²) in [5.74, 6) is 11.7. The number of rotatable bonds is 28. The molecule has 2 fully saturated rings. The van der Waals surface area contributed by atoms with Crippen molar-refractivity contribution in [2.75, 3.05) is 36.9 Å². The number of hydrogen-bond donors (Lipinski definition) is 5. The predicted molar refractivity (Wildman–Crippen MR) is 304 cm³/mol. The van der Waals surface area contributed by atoms with E-state index in [9.17, 15) is 19.2 Å². The van der Waals surface area contributed by atoms with Crippen LogP contribution in [0.15, 0.2) is 22.1 Å². The van der Waals surface area contributed by atoms with Gasteiger partial charge in [0.15, 0.2) is 17.3 Å². The number of amidine groups is 2. The number of hydrogen-bond acceptors (Lipinski definition) is 11. The summed E-state index contributed by atoms with van der Waals surface area (Å²) >= 11 is 7.45. The Bertz CT molecular complexity index is 1410. The fourth-order valence-corrected chi connectivity index (χ4v) is 11.1. The number of carbonyl (C=O) groups is 4. The number of ketones is 4. The van der Waals surface area contributed by atoms with Crippen molar-refractivity contribution in [1.82, 2.24) is 0 Å². The molecule has 0 bridgehead atoms. The number of allylic oxidation sites excluding steroid dienone is 2. The predicted octanol–water partition coefficient (Wildman–Crippen LogP) is 13.0. The lowest BCUT2D eigenvalue weighted by Crippen LogP contribution is -2.16. The largest absolute Gasteiger partial charge is 0.387 e. The molecule has 10 nitrogen and oxygen atoms in total. The van der Waals surface area contributed by atoms with Gasteiger partial charge in [0.25, 0.3) is 0 Å². The molecule has 13 heteroatoms. The van der Waals surface area contributed by atoms with E-state index in [4.69, 9.17) is 22.6 Å². The van der Waals surface area contributed by atoms with E-state index in [0.717, 1.165) is 146 Å². The Labute approximate surface area is 431 Å². The van der Waals surface area contributed by atoms with Gasteiger partial charge in [0.2, 0.25) is 0 Å². The van der Waals surface area contributed by atoms with Gasteiger partial charge in [0.05, 0.1) is 34.8 Å². The number of nitrogens with zero attached hydrogens (tertiary/aromatic N) is 2. The first kappa shape index (κ1) is 68.1. The van der Waals surface area contributed by atoms with Crippen LogP contribution in [0.2, 0.25) is 0 Å². The number of unbranched alkanes of at least 4 members (excludes halogenated alkanes) is 3. The van der Waals surface area contributed by atoms with Crippen molar-refractivity contribution in [3.05, 3.63) is 12.2 Å². The Morgan fingerprint density at radius 1 is 0.662 bits per heavy atom. The second kappa shape index (κ2) is 42.7. The molecule has 0 aromatic heterocycles. The van der Waals surface area contributed by atoms with Gasteiger partial charge in [-0.3, -0.25) is 34.6 Å². The summed E-state index contributed by atoms with van der Waals surface area (Å²) in [6.45, 7) is 30.4. The first-order chi connectivity index (χ1) is 32.1. The average molecular weight is 1010 g/mol. The van der Waals surface area contributed by atoms with E-state index in [1.54, 1.807) is 23.5 Å². The van der Waals surface area contributed by atoms with E-state index in [2.05, 4.69) is 106 Å². The molecule has 0 aromatic rings. The monoisotopic (exact) mass is 1010 g/mol. The number of aliphatic imine (C=N–C) groups is 2. The van der Waals surface area contributed by atoms with Crippen molar-refractivity contribution in [1.29, 1.82) is 5.41 Å². The molecule has 0 radical (unpaired) electrons. The Morgan fingerprint density at radius 2 is 1.09 bits per heavy atom. The second-order valence-electron chi connectivity index (χ2n) is 21.0. The van der Waals surface area contributed by atoms with Crippen molar-refractivity contribution in [2.45, 2.75) is 204 Å². The molecule has 0 aromatic carbocycles. The summed E-state index contributed by atoms with van der Waals surface area (Å²) in [7, 11) is 0. The SMILES string of the molecule is CC(C)C(CCCCN)C(C)C.CC(C)C(CCCCN=C(N)CCCS)C(C)C.CC(C)C(CCCCN=C(N)CCCSC1CC(=O)CC1=O)C(C)C.N=C1CCCS1.O=C1C=CC(=O)C1. The summed E-state index contributed by atoms with van der Waals surface area (Å²) in [4.78, 5) is 51.9. The van der Waals surface area contributed by atoms with E-state index in [1.807, 2.05) is 0 Å². The standard InChI is InChI=1S/C20H36N2O2S.C15H32N2S.C11H25N.C5H4O2.C4H7NS/c1-14(2)17(15(3)4)8-5-6-10-22-20(21)9-7-11-25-19-13-16(23)12-18(19)24;1-12(2)14(13(3)4)8-5-6-10-17-15(16)9-7-11-18;1-9(2)11(10(3)4)7-5-6-8-12;6-4-1-2-5(7)3-4;5-4-2-1-3-6-4/h14-15,17,19H,5-13H2,1-4H3,(H2,21,22);12-14,18H,5-11H2,1-4H3,(H2,16,17);9-11H,5-8,12H2,1-4H3;1-2H,3H2;5H,1-3H2. The van der Waals surface area contributed by atoms with Crippen LogP contribution in [0.4, 0.5) is 0 Å². The third-order valence-corrected chi connectivity index (χ3v) is 15.6. The fraction of sp³-hybridized carbons (Fsp3) is 0.836. The van der Waals surface area contributed by atoms with Crippen molar-refractivity contribution in [2.24, 2.45) is 80.4 Å². The van der Waals surface area contributed by atoms with Gasteiger partial charge < -0.3 is 17.2 Å². The minimum atomic E-state index is -0.111. The molecule has 1 unspecified atom stereocenters. The van der Waals surface area contributed by atoms with Crippen LogP contribution in [0.3, 0.4) is 0 Å². The highest BCUT2D eigenvalue weighted by molar-refractivity contribution is 8.14. The normalized spacial score (nSPS) is 16.5. The Hall–Kier alpha value is -1.96. The average Bonchev–Trinajstić information content (AvgIpc) is 3.99. The maximum absolute atomic E-state index is 11.6. The summed E-state index contributed by atoms with van der Waals surface area (Å²) in [6.07, 6.45) is 20.3. The van der Waals surface area contributed by atoms with Gasteiger partial charge in [-0.15, -0.1) is 11.8 Å². The third kappa shape index (κ3) is 37.8. The van der Waals surface area contributed by atoms with E-state index in [1.165, 1.54) is 69.3 Å². The minimum absolute atomic E-state index is 0.0787. The molecule has 1 aliphatic heterocycles. The Morgan fingerprint density at radius 3 is 1.38 bits per heavy atom. The zero-order valence-electron chi connectivity index (χ0n) is 45.4. The highest BCUT2D eigenvalue weighted by atomic mass is 32.2. The molecule has 2 aliphatic carbocycles. The number of nitrogens with two attached hydrogens (primary N) is 3. The first-order valence-electron chi connectivity index (χ1n) is 26.6. The highest BCUT2D eigenvalue weighted by Crippen LogP contribution is 2.28. The lowest BCUT2D eigenvalue weighted by molar-refractivity contribution is -0.122. The van der Waals surface area contributed by atoms with E-state index in [0.29, 0.717) is 6.42 Å². The van der Waals surface area contributed by atoms with Crippen LogP contribution >= 0.6 is 36.2 Å². The summed E-state index contributed by atoms with van der Waals surface area (Å²) in [5, 5.41) is 7.77. The molecule has 0 amide bonds. The van der Waals surface area contributed by atoms with Crippen LogP contribution in [-0.2, 0) is 19.2 Å². The second-order valence-corrected chi connectivity index (χ2v) is 23.9. The topological polar surface area (TPSA) is 195 Å². The van der Waals surface area contributed by atoms with Crippen LogP contribution in [0.25, 0.3) is 0 Å². The van der Waals surface area contributed by atoms with Crippen LogP contribution in [0, 0.1) is 58.7 Å². The smallest absolute Gasteiger partial charge is 0.163 e. The minimum Gasteiger partial charge on any atom is -0.387 e. The van der Waals surface area contributed by atoms with E-state index < -0.39 is 0 Å². The van der Waals surface area contributed by atoms with Gasteiger partial charge in [-0.1, -0.05) is 102 Å². The van der Waals surface area contributed by atoms with E-state index in [-0.39, 0.29) is 41.2 Å². The molecule has 0 spiro atoms. The molecular weight excluding hydrogens is 905 g/mol. The molecule has 7 N–H and O–H groups in total. The number of thiol groups is 1. The molecular formula is C55H104N6O4S3. The molecule has 68 heavy (non-hydrogen) atoms. The molecule has 1 saturated carbocycles. The first-order valence-corrected chi connectivity index (χ1v) is 29.2. The number of Topliss-reactive ketones (excluding diaryl/α,β-unsaturated/α-hetero) is 2. The van der Waals surface area contributed by atoms with Crippen molar-refractivity contribution >= 4 is 76.0 Å². The number of thioether (sulfide) groups is 2. The molecule has 1 atom stereocenters. The third-order valence-electron chi connectivity index (χ3n) is 12.9. The lowest BCUT2D eigenvalue weighted by atomic mass is 9.82.